The molecule has 116 valence electrons. The molecule has 2 unspecified atom stereocenters. The molecule has 5 nitrogen and oxygen atoms in total. The molecule has 1 aliphatic rings. The van der Waals surface area contributed by atoms with Gasteiger partial charge in [0, 0.05) is 23.8 Å². The summed E-state index contributed by atoms with van der Waals surface area (Å²) in [6.45, 7) is 4.24. The molecule has 1 aromatic carbocycles. The SMILES string of the molecule is CC1COC(c2cccc(Cl)c2)CN1Cc1nccc(N)n1. The number of rotatable bonds is 3. The van der Waals surface area contributed by atoms with Crippen molar-refractivity contribution in [1.29, 1.82) is 0 Å². The third-order valence-electron chi connectivity index (χ3n) is 3.85. The molecule has 2 atom stereocenters. The zero-order valence-corrected chi connectivity index (χ0v) is 13.2. The minimum atomic E-state index is 0.0101. The van der Waals surface area contributed by atoms with Gasteiger partial charge in [-0.15, -0.1) is 0 Å². The van der Waals surface area contributed by atoms with Crippen molar-refractivity contribution in [2.45, 2.75) is 25.6 Å². The van der Waals surface area contributed by atoms with E-state index in [9.17, 15) is 0 Å². The third-order valence-corrected chi connectivity index (χ3v) is 4.09. The van der Waals surface area contributed by atoms with Crippen molar-refractivity contribution in [1.82, 2.24) is 14.9 Å². The second-order valence-corrected chi connectivity index (χ2v) is 5.99. The average Bonchev–Trinajstić information content (AvgIpc) is 2.49. The molecule has 0 amide bonds. The maximum absolute atomic E-state index is 6.07. The highest BCUT2D eigenvalue weighted by Crippen LogP contribution is 2.27. The lowest BCUT2D eigenvalue weighted by Crippen LogP contribution is -2.44. The topological polar surface area (TPSA) is 64.3 Å². The summed E-state index contributed by atoms with van der Waals surface area (Å²) < 4.78 is 5.96. The largest absolute Gasteiger partial charge is 0.384 e. The van der Waals surface area contributed by atoms with Crippen molar-refractivity contribution < 1.29 is 4.74 Å². The third kappa shape index (κ3) is 3.55. The molecular formula is C16H19ClN4O. The average molecular weight is 319 g/mol. The Morgan fingerprint density at radius 1 is 1.41 bits per heavy atom. The molecule has 2 aromatic rings. The van der Waals surface area contributed by atoms with Crippen molar-refractivity contribution in [2.24, 2.45) is 0 Å². The van der Waals surface area contributed by atoms with Gasteiger partial charge in [-0.05, 0) is 30.7 Å². The fourth-order valence-electron chi connectivity index (χ4n) is 2.61. The molecule has 2 heterocycles. The van der Waals surface area contributed by atoms with Crippen molar-refractivity contribution in [3.8, 4) is 0 Å². The van der Waals surface area contributed by atoms with E-state index in [1.807, 2.05) is 24.3 Å². The van der Waals surface area contributed by atoms with Crippen LogP contribution in [0.4, 0.5) is 5.82 Å². The zero-order valence-electron chi connectivity index (χ0n) is 12.4. The van der Waals surface area contributed by atoms with Gasteiger partial charge in [0.1, 0.15) is 11.6 Å². The van der Waals surface area contributed by atoms with E-state index in [0.29, 0.717) is 25.0 Å². The summed E-state index contributed by atoms with van der Waals surface area (Å²) in [5.74, 6) is 1.23. The number of nitrogens with two attached hydrogens (primary N) is 1. The maximum atomic E-state index is 6.07. The Balaban J connectivity index is 1.73. The Morgan fingerprint density at radius 3 is 3.05 bits per heavy atom. The number of nitrogens with zero attached hydrogens (tertiary/aromatic N) is 3. The molecule has 0 saturated carbocycles. The number of hydrogen-bond donors (Lipinski definition) is 1. The second kappa shape index (κ2) is 6.60. The van der Waals surface area contributed by atoms with Gasteiger partial charge < -0.3 is 10.5 Å². The zero-order chi connectivity index (χ0) is 15.5. The van der Waals surface area contributed by atoms with E-state index in [-0.39, 0.29) is 6.10 Å². The normalized spacial score (nSPS) is 22.6. The first-order valence-electron chi connectivity index (χ1n) is 7.30. The summed E-state index contributed by atoms with van der Waals surface area (Å²) in [6, 6.07) is 9.82. The monoisotopic (exact) mass is 318 g/mol. The molecule has 0 radical (unpaired) electrons. The Bertz CT molecular complexity index is 652. The van der Waals surface area contributed by atoms with Gasteiger partial charge >= 0.3 is 0 Å². The van der Waals surface area contributed by atoms with Crippen molar-refractivity contribution in [2.75, 3.05) is 18.9 Å². The predicted molar refractivity (Wildman–Crippen MR) is 86.5 cm³/mol. The molecule has 0 aliphatic carbocycles. The lowest BCUT2D eigenvalue weighted by molar-refractivity contribution is -0.0640. The standard InChI is InChI=1S/C16H19ClN4O/c1-11-10-22-14(12-3-2-4-13(17)7-12)8-21(11)9-16-19-6-5-15(18)20-16/h2-7,11,14H,8-10H2,1H3,(H2,18,19,20). The van der Waals surface area contributed by atoms with Gasteiger partial charge in [0.05, 0.1) is 19.3 Å². The first-order chi connectivity index (χ1) is 10.6. The quantitative estimate of drug-likeness (QED) is 0.942. The summed E-state index contributed by atoms with van der Waals surface area (Å²) in [5.41, 5.74) is 6.82. The fraction of sp³-hybridized carbons (Fsp3) is 0.375. The van der Waals surface area contributed by atoms with Crippen LogP contribution in [-0.2, 0) is 11.3 Å². The molecule has 22 heavy (non-hydrogen) atoms. The molecule has 1 saturated heterocycles. The first-order valence-corrected chi connectivity index (χ1v) is 7.68. The molecule has 1 aromatic heterocycles. The summed E-state index contributed by atoms with van der Waals surface area (Å²) in [7, 11) is 0. The van der Waals surface area contributed by atoms with Crippen LogP contribution < -0.4 is 5.73 Å². The summed E-state index contributed by atoms with van der Waals surface area (Å²) in [5, 5.41) is 0.727. The van der Waals surface area contributed by atoms with Crippen LogP contribution in [0.5, 0.6) is 0 Å². The van der Waals surface area contributed by atoms with Gasteiger partial charge in [0.15, 0.2) is 0 Å². The number of aromatic nitrogens is 2. The summed E-state index contributed by atoms with van der Waals surface area (Å²) in [4.78, 5) is 10.9. The number of ether oxygens (including phenoxy) is 1. The first kappa shape index (κ1) is 15.2. The van der Waals surface area contributed by atoms with Gasteiger partial charge in [0.2, 0.25) is 0 Å². The number of halogens is 1. The van der Waals surface area contributed by atoms with E-state index in [0.717, 1.165) is 23.0 Å². The van der Waals surface area contributed by atoms with Crippen molar-refractivity contribution >= 4 is 17.4 Å². The van der Waals surface area contributed by atoms with E-state index in [4.69, 9.17) is 22.1 Å². The molecule has 2 N–H and O–H groups in total. The molecular weight excluding hydrogens is 300 g/mol. The lowest BCUT2D eigenvalue weighted by Gasteiger charge is -2.37. The van der Waals surface area contributed by atoms with E-state index in [1.54, 1.807) is 12.3 Å². The number of morpholine rings is 1. The summed E-state index contributed by atoms with van der Waals surface area (Å²) >= 11 is 6.07. The minimum absolute atomic E-state index is 0.0101. The maximum Gasteiger partial charge on any atom is 0.144 e. The van der Waals surface area contributed by atoms with Gasteiger partial charge in [-0.25, -0.2) is 9.97 Å². The Hall–Kier alpha value is -1.69. The van der Waals surface area contributed by atoms with Crippen LogP contribution in [0.1, 0.15) is 24.4 Å². The lowest BCUT2D eigenvalue weighted by atomic mass is 10.1. The Kier molecular flexibility index (Phi) is 4.57. The predicted octanol–water partition coefficient (Wildman–Crippen LogP) is 2.67. The molecule has 0 spiro atoms. The molecule has 6 heteroatoms. The molecule has 1 fully saturated rings. The van der Waals surface area contributed by atoms with Crippen LogP contribution >= 0.6 is 11.6 Å². The highest BCUT2D eigenvalue weighted by atomic mass is 35.5. The van der Waals surface area contributed by atoms with Crippen LogP contribution in [-0.4, -0.2) is 34.1 Å². The van der Waals surface area contributed by atoms with Crippen molar-refractivity contribution in [3.05, 3.63) is 52.9 Å². The van der Waals surface area contributed by atoms with Crippen LogP contribution in [0.15, 0.2) is 36.5 Å². The smallest absolute Gasteiger partial charge is 0.144 e. The Labute approximate surface area is 135 Å². The van der Waals surface area contributed by atoms with E-state index < -0.39 is 0 Å². The van der Waals surface area contributed by atoms with Gasteiger partial charge in [-0.1, -0.05) is 23.7 Å². The Morgan fingerprint density at radius 2 is 2.27 bits per heavy atom. The van der Waals surface area contributed by atoms with Crippen LogP contribution in [0.2, 0.25) is 5.02 Å². The number of hydrogen-bond acceptors (Lipinski definition) is 5. The molecule has 3 rings (SSSR count). The van der Waals surface area contributed by atoms with Crippen LogP contribution in [0, 0.1) is 0 Å². The summed E-state index contributed by atoms with van der Waals surface area (Å²) in [6.07, 6.45) is 1.70. The highest BCUT2D eigenvalue weighted by Gasteiger charge is 2.27. The molecule has 1 aliphatic heterocycles. The minimum Gasteiger partial charge on any atom is -0.384 e. The molecule has 0 bridgehead atoms. The van der Waals surface area contributed by atoms with Crippen LogP contribution in [0.3, 0.4) is 0 Å². The van der Waals surface area contributed by atoms with E-state index in [2.05, 4.69) is 21.8 Å². The highest BCUT2D eigenvalue weighted by molar-refractivity contribution is 6.30. The van der Waals surface area contributed by atoms with Gasteiger partial charge in [-0.3, -0.25) is 4.90 Å². The van der Waals surface area contributed by atoms with Gasteiger partial charge in [0.25, 0.3) is 0 Å². The number of nitrogen functional groups attached to an aromatic ring is 1. The van der Waals surface area contributed by atoms with Gasteiger partial charge in [-0.2, -0.15) is 0 Å². The second-order valence-electron chi connectivity index (χ2n) is 5.55. The van der Waals surface area contributed by atoms with Crippen molar-refractivity contribution in [3.63, 3.8) is 0 Å². The number of benzene rings is 1. The van der Waals surface area contributed by atoms with E-state index in [1.165, 1.54) is 0 Å². The fourth-order valence-corrected chi connectivity index (χ4v) is 2.81. The number of anilines is 1. The van der Waals surface area contributed by atoms with E-state index >= 15 is 0 Å². The van der Waals surface area contributed by atoms with Crippen LogP contribution in [0.25, 0.3) is 0 Å².